The quantitative estimate of drug-likeness (QED) is 0.571. The maximum absolute atomic E-state index is 12.6. The lowest BCUT2D eigenvalue weighted by Crippen LogP contribution is -2.33. The molecule has 0 N–H and O–H groups in total. The van der Waals surface area contributed by atoms with Gasteiger partial charge >= 0.3 is 0 Å². The molecule has 0 spiro atoms. The van der Waals surface area contributed by atoms with Crippen LogP contribution in [-0.2, 0) is 17.9 Å². The minimum atomic E-state index is -0.0835. The van der Waals surface area contributed by atoms with Crippen molar-refractivity contribution in [3.8, 4) is 5.75 Å². The number of carbonyl (C=O) groups is 1. The van der Waals surface area contributed by atoms with E-state index in [0.29, 0.717) is 18.8 Å². The molecule has 0 radical (unpaired) electrons. The van der Waals surface area contributed by atoms with Crippen LogP contribution in [0.2, 0.25) is 0 Å². The second kappa shape index (κ2) is 8.17. The number of rotatable bonds is 7. The highest BCUT2D eigenvalue weighted by Crippen LogP contribution is 2.19. The van der Waals surface area contributed by atoms with E-state index in [9.17, 15) is 4.79 Å². The van der Waals surface area contributed by atoms with Gasteiger partial charge in [0.25, 0.3) is 5.91 Å². The fourth-order valence-corrected chi connectivity index (χ4v) is 3.30. The Labute approximate surface area is 152 Å². The summed E-state index contributed by atoms with van der Waals surface area (Å²) in [4.78, 5) is 15.5. The Morgan fingerprint density at radius 2 is 2.08 bits per heavy atom. The molecule has 2 heterocycles. The maximum Gasteiger partial charge on any atom is 0.261 e. The molecule has 2 aromatic heterocycles. The molecule has 0 fully saturated rings. The number of amides is 1. The van der Waals surface area contributed by atoms with E-state index in [1.165, 1.54) is 0 Å². The molecule has 0 atom stereocenters. The second-order valence-electron chi connectivity index (χ2n) is 5.15. The third-order valence-electron chi connectivity index (χ3n) is 3.36. The summed E-state index contributed by atoms with van der Waals surface area (Å²) >= 11 is 5.02. The maximum atomic E-state index is 12.6. The molecule has 0 saturated heterocycles. The molecule has 6 heteroatoms. The molecule has 3 aromatic rings. The van der Waals surface area contributed by atoms with Gasteiger partial charge in [-0.1, -0.05) is 28.1 Å². The lowest BCUT2D eigenvalue weighted by molar-refractivity contribution is -0.134. The van der Waals surface area contributed by atoms with Crippen molar-refractivity contribution < 1.29 is 13.9 Å². The average Bonchev–Trinajstić information content (AvgIpc) is 3.26. The van der Waals surface area contributed by atoms with Crippen molar-refractivity contribution in [1.29, 1.82) is 0 Å². The first-order valence-corrected chi connectivity index (χ1v) is 9.09. The van der Waals surface area contributed by atoms with Crippen LogP contribution in [0.3, 0.4) is 0 Å². The number of hydrogen-bond donors (Lipinski definition) is 0. The van der Waals surface area contributed by atoms with E-state index in [1.807, 2.05) is 53.9 Å². The molecule has 0 aliphatic heterocycles. The molecular weight excluding hydrogens is 390 g/mol. The van der Waals surface area contributed by atoms with Crippen LogP contribution in [0.15, 0.2) is 69.1 Å². The summed E-state index contributed by atoms with van der Waals surface area (Å²) in [7, 11) is 0. The molecule has 0 aliphatic rings. The highest BCUT2D eigenvalue weighted by Gasteiger charge is 2.17. The summed E-state index contributed by atoms with van der Waals surface area (Å²) in [5, 5.41) is 2.00. The molecule has 4 nitrogen and oxygen atoms in total. The number of furan rings is 1. The number of thiophene rings is 1. The van der Waals surface area contributed by atoms with Gasteiger partial charge in [-0.05, 0) is 41.8 Å². The molecule has 3 rings (SSSR count). The molecular formula is C18H16BrNO3S. The van der Waals surface area contributed by atoms with Crippen LogP contribution in [0.25, 0.3) is 0 Å². The molecule has 124 valence electrons. The summed E-state index contributed by atoms with van der Waals surface area (Å²) < 4.78 is 11.9. The number of carbonyl (C=O) groups excluding carboxylic acids is 1. The van der Waals surface area contributed by atoms with Crippen LogP contribution < -0.4 is 4.74 Å². The number of hydrogen-bond acceptors (Lipinski definition) is 4. The highest BCUT2D eigenvalue weighted by atomic mass is 79.9. The third-order valence-corrected chi connectivity index (χ3v) is 4.72. The Balaban J connectivity index is 1.65. The van der Waals surface area contributed by atoms with Gasteiger partial charge in [0.2, 0.25) is 0 Å². The van der Waals surface area contributed by atoms with Gasteiger partial charge in [-0.25, -0.2) is 0 Å². The van der Waals surface area contributed by atoms with Crippen LogP contribution in [0.5, 0.6) is 5.75 Å². The normalized spacial score (nSPS) is 10.5. The molecule has 24 heavy (non-hydrogen) atoms. The Bertz CT molecular complexity index is 735. The molecule has 1 aromatic carbocycles. The summed E-state index contributed by atoms with van der Waals surface area (Å²) in [5.41, 5.74) is 0. The Morgan fingerprint density at radius 1 is 1.17 bits per heavy atom. The first kappa shape index (κ1) is 16.8. The zero-order chi connectivity index (χ0) is 16.8. The number of benzene rings is 1. The smallest absolute Gasteiger partial charge is 0.261 e. The van der Waals surface area contributed by atoms with Gasteiger partial charge < -0.3 is 14.1 Å². The topological polar surface area (TPSA) is 42.7 Å². The van der Waals surface area contributed by atoms with Gasteiger partial charge in [0.1, 0.15) is 11.5 Å². The van der Waals surface area contributed by atoms with E-state index in [0.717, 1.165) is 15.1 Å². The largest absolute Gasteiger partial charge is 0.484 e. The molecule has 0 saturated carbocycles. The van der Waals surface area contributed by atoms with E-state index in [1.54, 1.807) is 22.5 Å². The Kier molecular flexibility index (Phi) is 5.72. The summed E-state index contributed by atoms with van der Waals surface area (Å²) in [6.45, 7) is 0.952. The van der Waals surface area contributed by atoms with E-state index in [2.05, 4.69) is 15.9 Å². The van der Waals surface area contributed by atoms with Crippen LogP contribution in [0, 0.1) is 0 Å². The van der Waals surface area contributed by atoms with Crippen LogP contribution in [0.1, 0.15) is 10.6 Å². The van der Waals surface area contributed by atoms with Crippen LogP contribution >= 0.6 is 27.3 Å². The lowest BCUT2D eigenvalue weighted by Gasteiger charge is -2.21. The Hall–Kier alpha value is -2.05. The first-order valence-electron chi connectivity index (χ1n) is 7.41. The monoisotopic (exact) mass is 405 g/mol. The van der Waals surface area contributed by atoms with Gasteiger partial charge in [0.15, 0.2) is 6.61 Å². The van der Waals surface area contributed by atoms with Crippen molar-refractivity contribution in [3.05, 3.63) is 75.3 Å². The SMILES string of the molecule is O=C(COc1cccc(Br)c1)N(Cc1ccco1)Cc1cccs1. The second-order valence-corrected chi connectivity index (χ2v) is 7.10. The van der Waals surface area contributed by atoms with Crippen molar-refractivity contribution in [2.45, 2.75) is 13.1 Å². The predicted molar refractivity (Wildman–Crippen MR) is 96.9 cm³/mol. The summed E-state index contributed by atoms with van der Waals surface area (Å²) in [6, 6.07) is 15.1. The molecule has 0 aliphatic carbocycles. The minimum absolute atomic E-state index is 0.0114. The van der Waals surface area contributed by atoms with E-state index in [-0.39, 0.29) is 12.5 Å². The van der Waals surface area contributed by atoms with E-state index >= 15 is 0 Å². The highest BCUT2D eigenvalue weighted by molar-refractivity contribution is 9.10. The van der Waals surface area contributed by atoms with Gasteiger partial charge in [0.05, 0.1) is 19.4 Å². The van der Waals surface area contributed by atoms with Crippen LogP contribution in [0.4, 0.5) is 0 Å². The van der Waals surface area contributed by atoms with Gasteiger partial charge in [-0.2, -0.15) is 0 Å². The zero-order valence-corrected chi connectivity index (χ0v) is 15.3. The number of halogens is 1. The van der Waals surface area contributed by atoms with Crippen molar-refractivity contribution in [2.75, 3.05) is 6.61 Å². The van der Waals surface area contributed by atoms with Gasteiger partial charge in [0, 0.05) is 9.35 Å². The minimum Gasteiger partial charge on any atom is -0.484 e. The van der Waals surface area contributed by atoms with Crippen molar-refractivity contribution in [1.82, 2.24) is 4.90 Å². The fraction of sp³-hybridized carbons (Fsp3) is 0.167. The van der Waals surface area contributed by atoms with Crippen molar-refractivity contribution in [3.63, 3.8) is 0 Å². The van der Waals surface area contributed by atoms with E-state index < -0.39 is 0 Å². The Morgan fingerprint density at radius 3 is 2.79 bits per heavy atom. The lowest BCUT2D eigenvalue weighted by atomic mass is 10.3. The van der Waals surface area contributed by atoms with Gasteiger partial charge in [-0.15, -0.1) is 11.3 Å². The number of ether oxygens (including phenoxy) is 1. The predicted octanol–water partition coefficient (Wildman–Crippen LogP) is 4.71. The first-order chi connectivity index (χ1) is 11.7. The van der Waals surface area contributed by atoms with Crippen molar-refractivity contribution >= 4 is 33.2 Å². The van der Waals surface area contributed by atoms with E-state index in [4.69, 9.17) is 9.15 Å². The van der Waals surface area contributed by atoms with Crippen LogP contribution in [-0.4, -0.2) is 17.4 Å². The zero-order valence-electron chi connectivity index (χ0n) is 12.9. The van der Waals surface area contributed by atoms with Crippen molar-refractivity contribution in [2.24, 2.45) is 0 Å². The molecule has 0 bridgehead atoms. The van der Waals surface area contributed by atoms with Gasteiger partial charge in [-0.3, -0.25) is 4.79 Å². The molecule has 1 amide bonds. The standard InChI is InChI=1S/C18H16BrNO3S/c19-14-4-1-5-15(10-14)23-13-18(21)20(11-16-6-2-8-22-16)12-17-7-3-9-24-17/h1-10H,11-13H2. The molecule has 0 unspecified atom stereocenters. The average molecular weight is 406 g/mol. The summed E-state index contributed by atoms with van der Waals surface area (Å²) in [6.07, 6.45) is 1.61. The third kappa shape index (κ3) is 4.72. The number of nitrogens with zero attached hydrogens (tertiary/aromatic N) is 1. The summed E-state index contributed by atoms with van der Waals surface area (Å²) in [5.74, 6) is 1.33. The fourth-order valence-electron chi connectivity index (χ4n) is 2.21.